The van der Waals surface area contributed by atoms with Crippen molar-refractivity contribution < 1.29 is 17.8 Å². The van der Waals surface area contributed by atoms with Crippen LogP contribution in [-0.2, 0) is 0 Å². The number of aromatic nitrogens is 4. The first-order valence-electron chi connectivity index (χ1n) is 6.71. The summed E-state index contributed by atoms with van der Waals surface area (Å²) in [4.78, 5) is 4.30. The molecule has 4 aromatic heterocycles. The third-order valence-electron chi connectivity index (χ3n) is 2.95. The normalized spacial score (nSPS) is 12.6. The van der Waals surface area contributed by atoms with E-state index < -0.39 is 0 Å². The van der Waals surface area contributed by atoms with Crippen LogP contribution in [0.15, 0.2) is 59.8 Å². The summed E-state index contributed by atoms with van der Waals surface area (Å²) in [5.74, 6) is 2.25. The predicted octanol–water partition coefficient (Wildman–Crippen LogP) is 3.83. The molecule has 0 aliphatic rings. The average Bonchev–Trinajstić information content (AvgIpc) is 3.30. The number of furan rings is 2. The minimum atomic E-state index is -0.156. The first kappa shape index (κ1) is 13.8. The molecule has 0 aromatic carbocycles. The van der Waals surface area contributed by atoms with Gasteiger partial charge in [0, 0.05) is 0 Å². The van der Waals surface area contributed by atoms with Crippen LogP contribution in [-0.4, -0.2) is 20.3 Å². The molecule has 4 heterocycles. The van der Waals surface area contributed by atoms with Crippen molar-refractivity contribution in [3.63, 3.8) is 0 Å². The van der Waals surface area contributed by atoms with Gasteiger partial charge in [0.25, 0.3) is 11.1 Å². The largest absolute Gasteiger partial charge is 0.461 e. The van der Waals surface area contributed by atoms with Crippen LogP contribution in [0.5, 0.6) is 0 Å². The first-order valence-corrected chi connectivity index (χ1v) is 7.59. The van der Waals surface area contributed by atoms with Crippen molar-refractivity contribution in [1.82, 2.24) is 20.3 Å². The maximum Gasteiger partial charge on any atom is 0.284 e. The van der Waals surface area contributed by atoms with E-state index in [1.54, 1.807) is 36.8 Å². The molecule has 0 spiro atoms. The van der Waals surface area contributed by atoms with E-state index in [1.165, 1.54) is 11.8 Å². The average molecular weight is 330 g/mol. The topological polar surface area (TPSA) is 104 Å². The van der Waals surface area contributed by atoms with Crippen molar-refractivity contribution in [2.24, 2.45) is 0 Å². The van der Waals surface area contributed by atoms with Crippen molar-refractivity contribution in [3.8, 4) is 23.2 Å². The van der Waals surface area contributed by atoms with Crippen LogP contribution >= 0.6 is 11.8 Å². The fourth-order valence-corrected chi connectivity index (χ4v) is 2.58. The van der Waals surface area contributed by atoms with Crippen LogP contribution in [0.4, 0.5) is 0 Å². The third kappa shape index (κ3) is 2.78. The number of hydrogen-bond acceptors (Lipinski definition) is 9. The Balaban J connectivity index is 1.49. The van der Waals surface area contributed by atoms with Crippen LogP contribution in [0.3, 0.4) is 0 Å². The standard InChI is InChI=1S/C14H10N4O4S/c1-8(12-15-11(18-22-12)9-4-2-6-19-9)23-14-17-16-13(21-14)10-5-3-7-20-10/h2-8H,1H3/t8-/m1/s1. The Bertz CT molecular complexity index is 882. The zero-order valence-electron chi connectivity index (χ0n) is 11.9. The van der Waals surface area contributed by atoms with E-state index in [1.807, 2.05) is 6.92 Å². The highest BCUT2D eigenvalue weighted by Gasteiger charge is 2.21. The van der Waals surface area contributed by atoms with Gasteiger partial charge in [-0.25, -0.2) is 0 Å². The van der Waals surface area contributed by atoms with Gasteiger partial charge in [0.05, 0.1) is 17.8 Å². The second-order valence-corrected chi connectivity index (χ2v) is 5.84. The summed E-state index contributed by atoms with van der Waals surface area (Å²) in [5, 5.41) is 12.0. The highest BCUT2D eigenvalue weighted by molar-refractivity contribution is 7.99. The van der Waals surface area contributed by atoms with Gasteiger partial charge >= 0.3 is 0 Å². The summed E-state index contributed by atoms with van der Waals surface area (Å²) in [6, 6.07) is 7.03. The molecule has 4 aromatic rings. The molecule has 0 radical (unpaired) electrons. The maximum absolute atomic E-state index is 5.54. The molecule has 8 nitrogen and oxygen atoms in total. The van der Waals surface area contributed by atoms with Gasteiger partial charge in [-0.05, 0) is 31.2 Å². The molecule has 0 unspecified atom stereocenters. The summed E-state index contributed by atoms with van der Waals surface area (Å²) < 4.78 is 21.2. The second-order valence-electron chi connectivity index (χ2n) is 4.54. The summed E-state index contributed by atoms with van der Waals surface area (Å²) >= 11 is 1.32. The van der Waals surface area contributed by atoms with E-state index in [-0.39, 0.29) is 5.25 Å². The Morgan fingerprint density at radius 2 is 1.83 bits per heavy atom. The van der Waals surface area contributed by atoms with E-state index in [0.717, 1.165) is 0 Å². The molecule has 1 atom stereocenters. The Hall–Kier alpha value is -2.81. The van der Waals surface area contributed by atoms with Crippen molar-refractivity contribution >= 4 is 11.8 Å². The van der Waals surface area contributed by atoms with E-state index in [2.05, 4.69) is 20.3 Å². The Morgan fingerprint density at radius 1 is 1.04 bits per heavy atom. The number of nitrogens with zero attached hydrogens (tertiary/aromatic N) is 4. The summed E-state index contributed by atoms with van der Waals surface area (Å²) in [6.07, 6.45) is 3.10. The molecule has 0 aliphatic carbocycles. The third-order valence-corrected chi connectivity index (χ3v) is 3.87. The van der Waals surface area contributed by atoms with Crippen molar-refractivity contribution in [1.29, 1.82) is 0 Å². The minimum Gasteiger partial charge on any atom is -0.461 e. The molecule has 0 saturated heterocycles. The lowest BCUT2D eigenvalue weighted by Crippen LogP contribution is -1.89. The molecule has 23 heavy (non-hydrogen) atoms. The SMILES string of the molecule is C[C@@H](Sc1nnc(-c2ccco2)o1)c1nc(-c2ccco2)no1. The molecule has 4 rings (SSSR count). The lowest BCUT2D eigenvalue weighted by Gasteiger charge is -2.00. The molecule has 116 valence electrons. The van der Waals surface area contributed by atoms with Crippen molar-refractivity contribution in [2.45, 2.75) is 17.4 Å². The molecule has 9 heteroatoms. The summed E-state index contributed by atoms with van der Waals surface area (Å²) in [6.45, 7) is 1.90. The van der Waals surface area contributed by atoms with Crippen LogP contribution in [0.2, 0.25) is 0 Å². The van der Waals surface area contributed by atoms with Gasteiger partial charge in [0.15, 0.2) is 11.5 Å². The van der Waals surface area contributed by atoms with Gasteiger partial charge in [-0.3, -0.25) is 0 Å². The van der Waals surface area contributed by atoms with Crippen molar-refractivity contribution in [3.05, 3.63) is 42.7 Å². The molecule has 0 N–H and O–H groups in total. The summed E-state index contributed by atoms with van der Waals surface area (Å²) in [5.41, 5.74) is 0. The maximum atomic E-state index is 5.54. The number of thioether (sulfide) groups is 1. The van der Waals surface area contributed by atoms with Crippen molar-refractivity contribution in [2.75, 3.05) is 0 Å². The highest BCUT2D eigenvalue weighted by Crippen LogP contribution is 2.35. The molecular weight excluding hydrogens is 320 g/mol. The van der Waals surface area contributed by atoms with E-state index in [9.17, 15) is 0 Å². The number of hydrogen-bond donors (Lipinski definition) is 0. The van der Waals surface area contributed by atoms with Gasteiger partial charge in [0.2, 0.25) is 11.7 Å². The smallest absolute Gasteiger partial charge is 0.284 e. The van der Waals surface area contributed by atoms with Gasteiger partial charge in [-0.1, -0.05) is 16.9 Å². The number of rotatable bonds is 5. The van der Waals surface area contributed by atoms with Crippen LogP contribution in [0.25, 0.3) is 23.2 Å². The monoisotopic (exact) mass is 330 g/mol. The zero-order chi connectivity index (χ0) is 15.6. The van der Waals surface area contributed by atoms with Gasteiger partial charge in [0.1, 0.15) is 0 Å². The lowest BCUT2D eigenvalue weighted by molar-refractivity contribution is 0.378. The fourth-order valence-electron chi connectivity index (χ4n) is 1.87. The Kier molecular flexibility index (Phi) is 3.46. The quantitative estimate of drug-likeness (QED) is 0.505. The Morgan fingerprint density at radius 3 is 2.57 bits per heavy atom. The van der Waals surface area contributed by atoms with Crippen LogP contribution in [0, 0.1) is 0 Å². The van der Waals surface area contributed by atoms with Gasteiger partial charge in [-0.2, -0.15) is 4.98 Å². The predicted molar refractivity (Wildman–Crippen MR) is 78.3 cm³/mol. The fraction of sp³-hybridized carbons (Fsp3) is 0.143. The lowest BCUT2D eigenvalue weighted by atomic mass is 10.4. The first-order chi connectivity index (χ1) is 11.3. The van der Waals surface area contributed by atoms with E-state index in [4.69, 9.17) is 17.8 Å². The zero-order valence-corrected chi connectivity index (χ0v) is 12.7. The van der Waals surface area contributed by atoms with E-state index >= 15 is 0 Å². The molecule has 0 fully saturated rings. The van der Waals surface area contributed by atoms with E-state index in [0.29, 0.717) is 34.3 Å². The second kappa shape index (κ2) is 5.76. The van der Waals surface area contributed by atoms with Gasteiger partial charge < -0.3 is 17.8 Å². The molecule has 0 aliphatic heterocycles. The molecule has 0 saturated carbocycles. The highest BCUT2D eigenvalue weighted by atomic mass is 32.2. The molecular formula is C14H10N4O4S. The van der Waals surface area contributed by atoms with Crippen LogP contribution < -0.4 is 0 Å². The van der Waals surface area contributed by atoms with Crippen LogP contribution in [0.1, 0.15) is 18.1 Å². The molecule has 0 bridgehead atoms. The summed E-state index contributed by atoms with van der Waals surface area (Å²) in [7, 11) is 0. The molecule has 0 amide bonds. The van der Waals surface area contributed by atoms with Gasteiger partial charge in [-0.15, -0.1) is 10.2 Å². The minimum absolute atomic E-state index is 0.156. The Labute approximate surface area is 133 Å².